The average molecular weight is 367 g/mol. The predicted octanol–water partition coefficient (Wildman–Crippen LogP) is 3.48. The lowest BCUT2D eigenvalue weighted by Gasteiger charge is -2.45. The molecule has 0 aromatic heterocycles. The number of amides is 1. The molecule has 1 fully saturated rings. The van der Waals surface area contributed by atoms with Crippen LogP contribution in [0.3, 0.4) is 0 Å². The molecule has 1 amide bonds. The van der Waals surface area contributed by atoms with Crippen LogP contribution in [0.25, 0.3) is 6.08 Å². The smallest absolute Gasteiger partial charge is 0.264 e. The van der Waals surface area contributed by atoms with Gasteiger partial charge in [-0.3, -0.25) is 4.79 Å². The van der Waals surface area contributed by atoms with Gasteiger partial charge in [-0.05, 0) is 68.0 Å². The molecule has 1 unspecified atom stereocenters. The molecule has 0 aliphatic carbocycles. The first-order chi connectivity index (χ1) is 12.7. The van der Waals surface area contributed by atoms with Crippen molar-refractivity contribution < 1.29 is 9.53 Å². The molecule has 2 heterocycles. The largest absolute Gasteiger partial charge is 0.378 e. The van der Waals surface area contributed by atoms with Crippen LogP contribution in [-0.2, 0) is 9.53 Å². The van der Waals surface area contributed by atoms with Crippen LogP contribution in [0.15, 0.2) is 17.7 Å². The molecule has 3 rings (SSSR count). The second-order valence-corrected chi connectivity index (χ2v) is 8.32. The molecule has 1 aromatic rings. The van der Waals surface area contributed by atoms with E-state index in [2.05, 4.69) is 50.9 Å². The number of anilines is 1. The Morgan fingerprint density at radius 2 is 2.00 bits per heavy atom. The lowest BCUT2D eigenvalue weighted by molar-refractivity contribution is -0.130. The van der Waals surface area contributed by atoms with Crippen LogP contribution in [0.2, 0.25) is 0 Å². The summed E-state index contributed by atoms with van der Waals surface area (Å²) < 4.78 is 5.30. The Morgan fingerprint density at radius 1 is 1.33 bits per heavy atom. The van der Waals surface area contributed by atoms with E-state index < -0.39 is 0 Å². The van der Waals surface area contributed by atoms with E-state index in [4.69, 9.17) is 4.74 Å². The van der Waals surface area contributed by atoms with Crippen molar-refractivity contribution >= 4 is 17.7 Å². The minimum absolute atomic E-state index is 0.111. The van der Waals surface area contributed by atoms with Crippen molar-refractivity contribution in [2.45, 2.75) is 45.6 Å². The summed E-state index contributed by atoms with van der Waals surface area (Å²) in [5.74, 6) is 0.226. The van der Waals surface area contributed by atoms with Gasteiger partial charge in [-0.2, -0.15) is 5.26 Å². The number of carbonyl (C=O) groups is 1. The first-order valence-electron chi connectivity index (χ1n) is 9.62. The number of nitriles is 1. The molecule has 5 nitrogen and oxygen atoms in total. The summed E-state index contributed by atoms with van der Waals surface area (Å²) >= 11 is 0. The fraction of sp³-hybridized carbons (Fsp3) is 0.545. The van der Waals surface area contributed by atoms with Gasteiger partial charge in [0.15, 0.2) is 0 Å². The molecule has 1 atom stereocenters. The number of aryl methyl sites for hydroxylation is 1. The summed E-state index contributed by atoms with van der Waals surface area (Å²) in [5.41, 5.74) is 4.86. The third-order valence-electron chi connectivity index (χ3n) is 5.97. The van der Waals surface area contributed by atoms with Crippen LogP contribution < -0.4 is 4.90 Å². The molecule has 0 saturated carbocycles. The standard InChI is InChI=1S/C22H29N3O2/c1-15-10-20-19(16(2)13-22(3,4)24(20)5)12-17(15)11-18(14-23)21(26)25-6-8-27-9-7-25/h10-12,16H,6-9,13H2,1-5H3/b18-11+. The van der Waals surface area contributed by atoms with Gasteiger partial charge in [-0.1, -0.05) is 6.92 Å². The Hall–Kier alpha value is -2.32. The molecule has 1 saturated heterocycles. The number of benzene rings is 1. The minimum atomic E-state index is -0.204. The number of fused-ring (bicyclic) bond motifs is 1. The molecule has 1 aromatic carbocycles. The van der Waals surface area contributed by atoms with E-state index >= 15 is 0 Å². The van der Waals surface area contributed by atoms with Crippen molar-refractivity contribution in [1.29, 1.82) is 5.26 Å². The van der Waals surface area contributed by atoms with Crippen LogP contribution in [-0.4, -0.2) is 49.7 Å². The Balaban J connectivity index is 1.97. The van der Waals surface area contributed by atoms with Crippen molar-refractivity contribution in [2.24, 2.45) is 0 Å². The van der Waals surface area contributed by atoms with Gasteiger partial charge in [0.05, 0.1) is 13.2 Å². The molecule has 0 bridgehead atoms. The van der Waals surface area contributed by atoms with Gasteiger partial charge in [0, 0.05) is 31.4 Å². The summed E-state index contributed by atoms with van der Waals surface area (Å²) in [7, 11) is 2.14. The Labute approximate surface area is 162 Å². The van der Waals surface area contributed by atoms with E-state index in [1.807, 2.05) is 6.92 Å². The predicted molar refractivity (Wildman–Crippen MR) is 108 cm³/mol. The van der Waals surface area contributed by atoms with E-state index in [0.29, 0.717) is 32.2 Å². The van der Waals surface area contributed by atoms with Gasteiger partial charge < -0.3 is 14.5 Å². The summed E-state index contributed by atoms with van der Waals surface area (Å²) in [6, 6.07) is 6.45. The van der Waals surface area contributed by atoms with Gasteiger partial charge >= 0.3 is 0 Å². The maximum absolute atomic E-state index is 12.7. The number of ether oxygens (including phenoxy) is 1. The van der Waals surface area contributed by atoms with Crippen molar-refractivity contribution in [3.05, 3.63) is 34.4 Å². The Bertz CT molecular complexity index is 814. The zero-order valence-electron chi connectivity index (χ0n) is 17.0. The second-order valence-electron chi connectivity index (χ2n) is 8.32. The highest BCUT2D eigenvalue weighted by atomic mass is 16.5. The number of rotatable bonds is 2. The van der Waals surface area contributed by atoms with Crippen molar-refractivity contribution in [3.8, 4) is 6.07 Å². The minimum Gasteiger partial charge on any atom is -0.378 e. The zero-order valence-corrected chi connectivity index (χ0v) is 17.0. The molecular formula is C22H29N3O2. The van der Waals surface area contributed by atoms with E-state index in [0.717, 1.165) is 17.5 Å². The van der Waals surface area contributed by atoms with Gasteiger partial charge in [0.2, 0.25) is 0 Å². The number of hydrogen-bond acceptors (Lipinski definition) is 4. The molecule has 5 heteroatoms. The highest BCUT2D eigenvalue weighted by Crippen LogP contribution is 2.43. The molecule has 0 radical (unpaired) electrons. The maximum atomic E-state index is 12.7. The first-order valence-corrected chi connectivity index (χ1v) is 9.62. The van der Waals surface area contributed by atoms with Crippen LogP contribution >= 0.6 is 0 Å². The summed E-state index contributed by atoms with van der Waals surface area (Å²) in [4.78, 5) is 16.7. The normalized spacial score (nSPS) is 22.2. The molecule has 0 N–H and O–H groups in total. The van der Waals surface area contributed by atoms with Gasteiger partial charge in [0.1, 0.15) is 11.6 Å². The molecule has 144 valence electrons. The molecule has 0 spiro atoms. The lowest BCUT2D eigenvalue weighted by atomic mass is 9.79. The molecule has 2 aliphatic rings. The Morgan fingerprint density at radius 3 is 2.63 bits per heavy atom. The average Bonchev–Trinajstić information content (AvgIpc) is 2.65. The van der Waals surface area contributed by atoms with Crippen LogP contribution in [0.1, 0.15) is 49.8 Å². The highest BCUT2D eigenvalue weighted by Gasteiger charge is 2.34. The first kappa shape index (κ1) is 19.4. The van der Waals surface area contributed by atoms with Crippen LogP contribution in [0.4, 0.5) is 5.69 Å². The quantitative estimate of drug-likeness (QED) is 0.593. The molecule has 27 heavy (non-hydrogen) atoms. The third-order valence-corrected chi connectivity index (χ3v) is 5.97. The number of hydrogen-bond donors (Lipinski definition) is 0. The second kappa shape index (κ2) is 7.36. The van der Waals surface area contributed by atoms with Crippen molar-refractivity contribution in [2.75, 3.05) is 38.3 Å². The molecular weight excluding hydrogens is 338 g/mol. The SMILES string of the molecule is Cc1cc2c(cc1/C=C(\C#N)C(=O)N1CCOCC1)C(C)CC(C)(C)N2C. The highest BCUT2D eigenvalue weighted by molar-refractivity contribution is 6.02. The van der Waals surface area contributed by atoms with Crippen molar-refractivity contribution in [3.63, 3.8) is 0 Å². The number of nitrogens with zero attached hydrogens (tertiary/aromatic N) is 3. The van der Waals surface area contributed by atoms with E-state index in [1.54, 1.807) is 11.0 Å². The number of morpholine rings is 1. The zero-order chi connectivity index (χ0) is 19.8. The van der Waals surface area contributed by atoms with Gasteiger partial charge in [0.25, 0.3) is 5.91 Å². The van der Waals surface area contributed by atoms with Crippen LogP contribution in [0.5, 0.6) is 0 Å². The molecule has 2 aliphatic heterocycles. The summed E-state index contributed by atoms with van der Waals surface area (Å²) in [5, 5.41) is 9.58. The summed E-state index contributed by atoms with van der Waals surface area (Å²) in [6.45, 7) is 11.0. The van der Waals surface area contributed by atoms with Gasteiger partial charge in [-0.25, -0.2) is 0 Å². The Kier molecular flexibility index (Phi) is 5.30. The van der Waals surface area contributed by atoms with E-state index in [-0.39, 0.29) is 17.0 Å². The lowest BCUT2D eigenvalue weighted by Crippen LogP contribution is -2.45. The topological polar surface area (TPSA) is 56.6 Å². The fourth-order valence-electron chi connectivity index (χ4n) is 4.12. The monoisotopic (exact) mass is 367 g/mol. The van der Waals surface area contributed by atoms with E-state index in [1.165, 1.54) is 11.3 Å². The number of carbonyl (C=O) groups excluding carboxylic acids is 1. The maximum Gasteiger partial charge on any atom is 0.264 e. The fourth-order valence-corrected chi connectivity index (χ4v) is 4.12. The van der Waals surface area contributed by atoms with Crippen LogP contribution in [0, 0.1) is 18.3 Å². The van der Waals surface area contributed by atoms with Gasteiger partial charge in [-0.15, -0.1) is 0 Å². The van der Waals surface area contributed by atoms with Crippen molar-refractivity contribution in [1.82, 2.24) is 4.90 Å². The third kappa shape index (κ3) is 3.72. The van der Waals surface area contributed by atoms with E-state index in [9.17, 15) is 10.1 Å². The summed E-state index contributed by atoms with van der Waals surface area (Å²) in [6.07, 6.45) is 2.82.